The van der Waals surface area contributed by atoms with E-state index in [1.54, 1.807) is 0 Å². The van der Waals surface area contributed by atoms with Gasteiger partial charge in [0.2, 0.25) is 10.0 Å². The molecule has 0 fully saturated rings. The lowest BCUT2D eigenvalue weighted by atomic mass is 10.1. The molecule has 0 aliphatic rings. The molecule has 1 atom stereocenters. The molecule has 0 bridgehead atoms. The molecule has 0 saturated heterocycles. The maximum absolute atomic E-state index is 12.4. The largest absolute Gasteiger partial charge is 0.495 e. The molecule has 1 amide bonds. The van der Waals surface area contributed by atoms with Crippen LogP contribution in [0.5, 0.6) is 5.75 Å². The van der Waals surface area contributed by atoms with E-state index < -0.39 is 28.0 Å². The average molecular weight is 420 g/mol. The fourth-order valence-electron chi connectivity index (χ4n) is 2.44. The molecule has 156 valence electrons. The van der Waals surface area contributed by atoms with E-state index in [2.05, 4.69) is 10.0 Å². The van der Waals surface area contributed by atoms with Gasteiger partial charge in [0.1, 0.15) is 10.6 Å². The third-order valence-corrected chi connectivity index (χ3v) is 5.63. The van der Waals surface area contributed by atoms with Crippen LogP contribution >= 0.6 is 0 Å². The Morgan fingerprint density at radius 1 is 1.10 bits per heavy atom. The highest BCUT2D eigenvalue weighted by atomic mass is 32.2. The van der Waals surface area contributed by atoms with Crippen molar-refractivity contribution < 1.29 is 27.5 Å². The minimum absolute atomic E-state index is 0.0159. The van der Waals surface area contributed by atoms with Gasteiger partial charge in [-0.1, -0.05) is 29.8 Å². The summed E-state index contributed by atoms with van der Waals surface area (Å²) in [6.07, 6.45) is -1.06. The van der Waals surface area contributed by atoms with Crippen LogP contribution in [0.1, 0.15) is 28.4 Å². The second-order valence-electron chi connectivity index (χ2n) is 6.32. The summed E-state index contributed by atoms with van der Waals surface area (Å²) in [5.74, 6) is -1.20. The van der Waals surface area contributed by atoms with Crippen molar-refractivity contribution >= 4 is 21.9 Å². The van der Waals surface area contributed by atoms with E-state index in [0.717, 1.165) is 17.2 Å². The SMILES string of the molecule is CNS(=O)(=O)c1cc(C(=O)O[C@H](C)C(=O)NCc2ccc(C)cc2)ccc1OC. The van der Waals surface area contributed by atoms with Crippen molar-refractivity contribution in [1.82, 2.24) is 10.0 Å². The molecule has 0 aliphatic heterocycles. The van der Waals surface area contributed by atoms with Crippen LogP contribution in [0.15, 0.2) is 47.4 Å². The Hall–Kier alpha value is -2.91. The number of ether oxygens (including phenoxy) is 2. The summed E-state index contributed by atoms with van der Waals surface area (Å²) in [5.41, 5.74) is 2.01. The normalized spacial score (nSPS) is 12.1. The van der Waals surface area contributed by atoms with Crippen LogP contribution in [0.2, 0.25) is 0 Å². The lowest BCUT2D eigenvalue weighted by molar-refractivity contribution is -0.129. The van der Waals surface area contributed by atoms with Gasteiger partial charge in [-0.2, -0.15) is 0 Å². The standard InChI is InChI=1S/C20H24N2O6S/c1-13-5-7-15(8-6-13)12-22-19(23)14(2)28-20(24)16-9-10-17(27-4)18(11-16)29(25,26)21-3/h5-11,14,21H,12H2,1-4H3,(H,22,23)/t14-/m1/s1. The number of hydrogen-bond acceptors (Lipinski definition) is 6. The number of aryl methyl sites for hydroxylation is 1. The zero-order valence-electron chi connectivity index (χ0n) is 16.7. The van der Waals surface area contributed by atoms with Crippen molar-refractivity contribution in [3.05, 3.63) is 59.2 Å². The highest BCUT2D eigenvalue weighted by molar-refractivity contribution is 7.89. The number of rotatable bonds is 8. The first-order valence-corrected chi connectivity index (χ1v) is 10.3. The van der Waals surface area contributed by atoms with Crippen LogP contribution < -0.4 is 14.8 Å². The van der Waals surface area contributed by atoms with Gasteiger partial charge in [0, 0.05) is 6.54 Å². The quantitative estimate of drug-likeness (QED) is 0.630. The van der Waals surface area contributed by atoms with Gasteiger partial charge in [-0.05, 0) is 44.7 Å². The second-order valence-corrected chi connectivity index (χ2v) is 8.18. The Balaban J connectivity index is 2.05. The van der Waals surface area contributed by atoms with Crippen LogP contribution in [0.25, 0.3) is 0 Å². The lowest BCUT2D eigenvalue weighted by Crippen LogP contribution is -2.35. The number of sulfonamides is 1. The predicted molar refractivity (Wildman–Crippen MR) is 107 cm³/mol. The Bertz CT molecular complexity index is 987. The molecule has 8 nitrogen and oxygen atoms in total. The molecule has 0 saturated carbocycles. The molecular formula is C20H24N2O6S. The molecule has 2 aromatic carbocycles. The maximum Gasteiger partial charge on any atom is 0.338 e. The summed E-state index contributed by atoms with van der Waals surface area (Å²) in [6.45, 7) is 3.71. The van der Waals surface area contributed by atoms with Crippen LogP contribution in [0.4, 0.5) is 0 Å². The number of benzene rings is 2. The van der Waals surface area contributed by atoms with E-state index in [-0.39, 0.29) is 16.2 Å². The first-order chi connectivity index (χ1) is 13.7. The molecule has 0 aliphatic carbocycles. The van der Waals surface area contributed by atoms with Gasteiger partial charge in [-0.15, -0.1) is 0 Å². The molecule has 2 N–H and O–H groups in total. The predicted octanol–water partition coefficient (Wildman–Crippen LogP) is 1.77. The number of hydrogen-bond donors (Lipinski definition) is 2. The maximum atomic E-state index is 12.4. The van der Waals surface area contributed by atoms with Crippen molar-refractivity contribution in [2.45, 2.75) is 31.4 Å². The molecular weight excluding hydrogens is 396 g/mol. The van der Waals surface area contributed by atoms with Crippen molar-refractivity contribution in [3.63, 3.8) is 0 Å². The fourth-order valence-corrected chi connectivity index (χ4v) is 3.36. The third kappa shape index (κ3) is 5.78. The highest BCUT2D eigenvalue weighted by Crippen LogP contribution is 2.25. The molecule has 2 rings (SSSR count). The van der Waals surface area contributed by atoms with E-state index in [1.165, 1.54) is 33.2 Å². The number of esters is 1. The topological polar surface area (TPSA) is 111 Å². The zero-order valence-corrected chi connectivity index (χ0v) is 17.5. The summed E-state index contributed by atoms with van der Waals surface area (Å²) < 4.78 is 36.6. The molecule has 29 heavy (non-hydrogen) atoms. The van der Waals surface area contributed by atoms with Crippen molar-refractivity contribution in [3.8, 4) is 5.75 Å². The fraction of sp³-hybridized carbons (Fsp3) is 0.300. The molecule has 2 aromatic rings. The minimum atomic E-state index is -3.85. The first-order valence-electron chi connectivity index (χ1n) is 8.83. The van der Waals surface area contributed by atoms with E-state index in [4.69, 9.17) is 9.47 Å². The number of nitrogens with one attached hydrogen (secondary N) is 2. The molecule has 9 heteroatoms. The molecule has 0 spiro atoms. The van der Waals surface area contributed by atoms with Crippen LogP contribution in [-0.4, -0.2) is 40.6 Å². The van der Waals surface area contributed by atoms with Crippen LogP contribution in [0, 0.1) is 6.92 Å². The number of methoxy groups -OCH3 is 1. The molecule has 0 radical (unpaired) electrons. The zero-order chi connectivity index (χ0) is 21.6. The van der Waals surface area contributed by atoms with Crippen molar-refractivity contribution in [1.29, 1.82) is 0 Å². The average Bonchev–Trinajstić information content (AvgIpc) is 2.72. The van der Waals surface area contributed by atoms with E-state index in [1.807, 2.05) is 31.2 Å². The van der Waals surface area contributed by atoms with Gasteiger partial charge in [0.25, 0.3) is 5.91 Å². The minimum Gasteiger partial charge on any atom is -0.495 e. The second kappa shape index (κ2) is 9.53. The number of carbonyl (C=O) groups excluding carboxylic acids is 2. The molecule has 0 aromatic heterocycles. The smallest absolute Gasteiger partial charge is 0.338 e. The van der Waals surface area contributed by atoms with Gasteiger partial charge in [0.15, 0.2) is 6.10 Å². The Kier molecular flexibility index (Phi) is 7.35. The third-order valence-electron chi connectivity index (χ3n) is 4.20. The first kappa shape index (κ1) is 22.4. The summed E-state index contributed by atoms with van der Waals surface area (Å²) >= 11 is 0. The van der Waals surface area contributed by atoms with Crippen LogP contribution in [-0.2, 0) is 26.1 Å². The lowest BCUT2D eigenvalue weighted by Gasteiger charge is -2.15. The molecule has 0 heterocycles. The highest BCUT2D eigenvalue weighted by Gasteiger charge is 2.23. The summed E-state index contributed by atoms with van der Waals surface area (Å²) in [7, 11) is -1.27. The summed E-state index contributed by atoms with van der Waals surface area (Å²) in [6, 6.07) is 11.5. The Labute approximate surface area is 170 Å². The van der Waals surface area contributed by atoms with Crippen LogP contribution in [0.3, 0.4) is 0 Å². The van der Waals surface area contributed by atoms with E-state index in [0.29, 0.717) is 6.54 Å². The van der Waals surface area contributed by atoms with Gasteiger partial charge in [0.05, 0.1) is 12.7 Å². The molecule has 0 unspecified atom stereocenters. The monoisotopic (exact) mass is 420 g/mol. The summed E-state index contributed by atoms with van der Waals surface area (Å²) in [4.78, 5) is 24.4. The van der Waals surface area contributed by atoms with Gasteiger partial charge in [-0.3, -0.25) is 4.79 Å². The Morgan fingerprint density at radius 2 is 1.76 bits per heavy atom. The Morgan fingerprint density at radius 3 is 2.34 bits per heavy atom. The van der Waals surface area contributed by atoms with Gasteiger partial charge in [-0.25, -0.2) is 17.9 Å². The number of carbonyl (C=O) groups is 2. The van der Waals surface area contributed by atoms with Crippen molar-refractivity contribution in [2.75, 3.05) is 14.2 Å². The number of amides is 1. The van der Waals surface area contributed by atoms with Gasteiger partial charge >= 0.3 is 5.97 Å². The van der Waals surface area contributed by atoms with E-state index in [9.17, 15) is 18.0 Å². The van der Waals surface area contributed by atoms with E-state index >= 15 is 0 Å². The summed E-state index contributed by atoms with van der Waals surface area (Å²) in [5, 5.41) is 2.70. The van der Waals surface area contributed by atoms with Gasteiger partial charge < -0.3 is 14.8 Å². The van der Waals surface area contributed by atoms with Crippen molar-refractivity contribution in [2.24, 2.45) is 0 Å².